The zero-order valence-corrected chi connectivity index (χ0v) is 35.0. The topological polar surface area (TPSA) is 70.1 Å². The number of hydrogen-bond acceptors (Lipinski definition) is 4. The minimum atomic E-state index is 0. The predicted octanol–water partition coefficient (Wildman–Crippen LogP) is 13.5. The first-order valence-corrected chi connectivity index (χ1v) is 19.0. The van der Waals surface area contributed by atoms with Gasteiger partial charge in [-0.25, -0.2) is 0 Å². The van der Waals surface area contributed by atoms with E-state index in [-0.39, 0.29) is 43.8 Å². The summed E-state index contributed by atoms with van der Waals surface area (Å²) in [5, 5.41) is 11.3. The average Bonchev–Trinajstić information content (AvgIpc) is 3.51. The third kappa shape index (κ3) is 8.67. The van der Waals surface area contributed by atoms with Crippen LogP contribution < -0.4 is 0 Å². The molecule has 0 aliphatic rings. The van der Waals surface area contributed by atoms with E-state index in [9.17, 15) is 4.79 Å². The van der Waals surface area contributed by atoms with Gasteiger partial charge in [0.05, 0.1) is 0 Å². The molecule has 0 aliphatic carbocycles. The standard InChI is InChI=1S/C30H25N2O.C16H31NO.Ir/c1-17(2)20-15-16-24(23-12-8-7-11-22(20)23)27-26-25-14-13-19-9-5-6-10-21(19)28(25)33-30(26)32-29(31-27)18(3)4;1-7-13(8-2)15(17-12(5)6)11-16(18)14(9-3)10-4;/h5-15,17-18H,1-4H3;11-14H,7-10H2,1-6H3,(H,17,18);/q-1;;/p-1. The summed E-state index contributed by atoms with van der Waals surface area (Å²) in [6.07, 6.45) is 5.76. The minimum absolute atomic E-state index is 0. The Labute approximate surface area is 324 Å². The summed E-state index contributed by atoms with van der Waals surface area (Å²) in [7, 11) is 0. The van der Waals surface area contributed by atoms with Crippen LogP contribution in [0.2, 0.25) is 0 Å². The quantitative estimate of drug-likeness (QED) is 0.0907. The van der Waals surface area contributed by atoms with Crippen LogP contribution in [0.1, 0.15) is 118 Å². The smallest absolute Gasteiger partial charge is 0.221 e. The molecule has 1 radical (unpaired) electrons. The number of benzene rings is 4. The second kappa shape index (κ2) is 18.3. The Bertz CT molecular complexity index is 2150. The summed E-state index contributed by atoms with van der Waals surface area (Å²) in [6.45, 7) is 21.3. The fourth-order valence-electron chi connectivity index (χ4n) is 7.01. The number of carbonyl (C=O) groups excluding carboxylic acids is 1. The van der Waals surface area contributed by atoms with Crippen molar-refractivity contribution in [1.29, 1.82) is 0 Å². The molecule has 5 nitrogen and oxygen atoms in total. The van der Waals surface area contributed by atoms with Crippen molar-refractivity contribution in [2.45, 2.75) is 113 Å². The van der Waals surface area contributed by atoms with Crippen LogP contribution >= 0.6 is 0 Å². The first kappa shape index (κ1) is 40.9. The Balaban J connectivity index is 0.000000275. The molecule has 52 heavy (non-hydrogen) atoms. The molecular weight excluding hydrogens is 819 g/mol. The molecule has 6 heteroatoms. The molecule has 0 aliphatic heterocycles. The monoisotopic (exact) mass is 874 g/mol. The second-order valence-electron chi connectivity index (χ2n) is 14.6. The van der Waals surface area contributed by atoms with Crippen LogP contribution in [0.4, 0.5) is 0 Å². The van der Waals surface area contributed by atoms with Gasteiger partial charge in [-0.05, 0) is 30.2 Å². The van der Waals surface area contributed by atoms with E-state index in [1.54, 1.807) is 0 Å². The van der Waals surface area contributed by atoms with Crippen molar-refractivity contribution in [3.05, 3.63) is 101 Å². The van der Waals surface area contributed by atoms with Gasteiger partial charge in [0.15, 0.2) is 5.78 Å². The van der Waals surface area contributed by atoms with Crippen LogP contribution in [0.5, 0.6) is 0 Å². The number of fused-ring (bicyclic) bond motifs is 6. The van der Waals surface area contributed by atoms with Crippen molar-refractivity contribution in [1.82, 2.24) is 9.97 Å². The number of carbonyl (C=O) groups is 1. The van der Waals surface area contributed by atoms with Gasteiger partial charge in [-0.2, -0.15) is 10.7 Å². The summed E-state index contributed by atoms with van der Waals surface area (Å²) in [5.41, 5.74) is 5.70. The predicted molar refractivity (Wildman–Crippen MR) is 217 cm³/mol. The van der Waals surface area contributed by atoms with Gasteiger partial charge in [0.25, 0.3) is 0 Å². The third-order valence-corrected chi connectivity index (χ3v) is 9.98. The Morgan fingerprint density at radius 3 is 1.96 bits per heavy atom. The zero-order chi connectivity index (χ0) is 36.8. The molecule has 2 heterocycles. The molecule has 0 amide bonds. The molecule has 4 aromatic carbocycles. The van der Waals surface area contributed by atoms with Crippen LogP contribution in [0.25, 0.3) is 60.2 Å². The normalized spacial score (nSPS) is 12.1. The van der Waals surface area contributed by atoms with Crippen molar-refractivity contribution in [2.75, 3.05) is 0 Å². The molecule has 6 aromatic rings. The van der Waals surface area contributed by atoms with E-state index in [1.165, 1.54) is 10.9 Å². The van der Waals surface area contributed by atoms with E-state index in [0.717, 1.165) is 81.0 Å². The Morgan fingerprint density at radius 2 is 1.37 bits per heavy atom. The molecule has 0 saturated carbocycles. The molecular formula is C46H55IrN3O2-2. The molecule has 0 saturated heterocycles. The second-order valence-corrected chi connectivity index (χ2v) is 14.6. The first-order chi connectivity index (χ1) is 24.5. The molecule has 0 bridgehead atoms. The van der Waals surface area contributed by atoms with Crippen LogP contribution in [0.15, 0.2) is 82.9 Å². The number of rotatable bonds is 12. The summed E-state index contributed by atoms with van der Waals surface area (Å²) >= 11 is 0. The number of ketones is 1. The van der Waals surface area contributed by atoms with E-state index >= 15 is 0 Å². The summed E-state index contributed by atoms with van der Waals surface area (Å²) in [4.78, 5) is 22.1. The fourth-order valence-corrected chi connectivity index (χ4v) is 7.01. The zero-order valence-electron chi connectivity index (χ0n) is 32.6. The molecule has 2 aromatic heterocycles. The Hall–Kier alpha value is -3.86. The number of aromatic nitrogens is 2. The fraction of sp³-hybridized carbons (Fsp3) is 0.413. The van der Waals surface area contributed by atoms with E-state index in [2.05, 4.69) is 141 Å². The van der Waals surface area contributed by atoms with Gasteiger partial charge in [-0.15, -0.1) is 29.3 Å². The minimum Gasteiger partial charge on any atom is -0.685 e. The average molecular weight is 874 g/mol. The van der Waals surface area contributed by atoms with Crippen molar-refractivity contribution in [3.8, 4) is 11.3 Å². The van der Waals surface area contributed by atoms with E-state index in [1.807, 2.05) is 12.1 Å². The SMILES string of the molecule is CC(C)c1nc(-c2[c-]cc(C(C)C)c3ccccc23)c2c(n1)oc1c3ccccc3ccc12.CCC(CC)C(=O)/C=C(\[N-]C(C)C)C(CC)CC.[Ir]. The van der Waals surface area contributed by atoms with Crippen LogP contribution in [-0.2, 0) is 24.9 Å². The van der Waals surface area contributed by atoms with E-state index in [0.29, 0.717) is 17.5 Å². The summed E-state index contributed by atoms with van der Waals surface area (Å²) < 4.78 is 6.43. The maximum absolute atomic E-state index is 12.2. The Kier molecular flexibility index (Phi) is 14.4. The third-order valence-electron chi connectivity index (χ3n) is 9.98. The number of allylic oxidation sites excluding steroid dienone is 2. The van der Waals surface area contributed by atoms with Crippen molar-refractivity contribution < 1.29 is 29.3 Å². The van der Waals surface area contributed by atoms with Gasteiger partial charge in [0.1, 0.15) is 11.4 Å². The van der Waals surface area contributed by atoms with E-state index < -0.39 is 0 Å². The van der Waals surface area contributed by atoms with Crippen LogP contribution in [-0.4, -0.2) is 21.8 Å². The summed E-state index contributed by atoms with van der Waals surface area (Å²) in [6, 6.07) is 27.1. The molecule has 0 unspecified atom stereocenters. The molecule has 6 rings (SSSR count). The van der Waals surface area contributed by atoms with Crippen LogP contribution in [0.3, 0.4) is 0 Å². The van der Waals surface area contributed by atoms with E-state index in [4.69, 9.17) is 14.4 Å². The summed E-state index contributed by atoms with van der Waals surface area (Å²) in [5.74, 6) is 2.22. The van der Waals surface area contributed by atoms with Gasteiger partial charge in [-0.3, -0.25) is 9.78 Å². The molecule has 0 atom stereocenters. The van der Waals surface area contributed by atoms with Crippen molar-refractivity contribution in [3.63, 3.8) is 0 Å². The van der Waals surface area contributed by atoms with Crippen molar-refractivity contribution in [2.24, 2.45) is 11.8 Å². The number of furan rings is 1. The van der Waals surface area contributed by atoms with Gasteiger partial charge in [-0.1, -0.05) is 159 Å². The number of hydrogen-bond donors (Lipinski definition) is 0. The molecule has 277 valence electrons. The van der Waals surface area contributed by atoms with Gasteiger partial charge in [0.2, 0.25) is 5.71 Å². The van der Waals surface area contributed by atoms with Crippen LogP contribution in [0, 0.1) is 17.9 Å². The Morgan fingerprint density at radius 1 is 0.750 bits per heavy atom. The van der Waals surface area contributed by atoms with Gasteiger partial charge < -0.3 is 9.73 Å². The first-order valence-electron chi connectivity index (χ1n) is 19.0. The maximum Gasteiger partial charge on any atom is 0.221 e. The maximum atomic E-state index is 12.2. The molecule has 0 fully saturated rings. The molecule has 0 spiro atoms. The van der Waals surface area contributed by atoms with Gasteiger partial charge >= 0.3 is 0 Å². The van der Waals surface area contributed by atoms with Gasteiger partial charge in [0, 0.05) is 53.8 Å². The number of nitrogens with zero attached hydrogens (tertiary/aromatic N) is 3. The largest absolute Gasteiger partial charge is 0.685 e. The molecule has 0 N–H and O–H groups in total. The van der Waals surface area contributed by atoms with Crippen molar-refractivity contribution >= 4 is 49.4 Å².